The molecule has 0 saturated heterocycles. The molecule has 0 unspecified atom stereocenters. The van der Waals surface area contributed by atoms with Crippen LogP contribution in [0.3, 0.4) is 0 Å². The monoisotopic (exact) mass is 496 g/mol. The minimum Gasteiger partial charge on any atom is -0.357 e. The lowest BCUT2D eigenvalue weighted by atomic mass is 10.1. The molecule has 0 bridgehead atoms. The molecule has 8 heteroatoms. The van der Waals surface area contributed by atoms with E-state index in [4.69, 9.17) is 0 Å². The highest BCUT2D eigenvalue weighted by atomic mass is 127. The van der Waals surface area contributed by atoms with E-state index in [1.54, 1.807) is 0 Å². The summed E-state index contributed by atoms with van der Waals surface area (Å²) in [5, 5.41) is 6.59. The molecular formula is C18H33IN4O2S. The maximum Gasteiger partial charge on any atom is 0.215 e. The quantitative estimate of drug-likeness (QED) is 0.201. The van der Waals surface area contributed by atoms with Crippen molar-refractivity contribution in [2.24, 2.45) is 10.9 Å². The van der Waals surface area contributed by atoms with Crippen molar-refractivity contribution in [1.82, 2.24) is 15.4 Å². The minimum absolute atomic E-state index is 0. The predicted molar refractivity (Wildman–Crippen MR) is 120 cm³/mol. The van der Waals surface area contributed by atoms with Crippen molar-refractivity contribution in [3.63, 3.8) is 0 Å². The summed E-state index contributed by atoms with van der Waals surface area (Å²) in [4.78, 5) is 4.58. The maximum absolute atomic E-state index is 11.6. The summed E-state index contributed by atoms with van der Waals surface area (Å²) in [5.41, 5.74) is 1.81. The van der Waals surface area contributed by atoms with Crippen molar-refractivity contribution in [2.75, 3.05) is 20.1 Å². The van der Waals surface area contributed by atoms with Gasteiger partial charge in [0.15, 0.2) is 5.96 Å². The Bertz CT molecular complexity index is 631. The third-order valence-corrected chi connectivity index (χ3v) is 5.04. The largest absolute Gasteiger partial charge is 0.357 e. The van der Waals surface area contributed by atoms with Crippen LogP contribution in [0.2, 0.25) is 0 Å². The molecular weight excluding hydrogens is 463 g/mol. The first-order chi connectivity index (χ1) is 11.9. The Kier molecular flexibility index (Phi) is 12.9. The lowest BCUT2D eigenvalue weighted by Crippen LogP contribution is -2.37. The number of guanidine groups is 1. The summed E-state index contributed by atoms with van der Waals surface area (Å²) in [6, 6.07) is 7.52. The molecule has 0 aromatic heterocycles. The third kappa shape index (κ3) is 11.0. The van der Waals surface area contributed by atoms with E-state index >= 15 is 0 Å². The molecule has 1 aromatic carbocycles. The Morgan fingerprint density at radius 1 is 1.12 bits per heavy atom. The number of benzene rings is 1. The number of hydrogen-bond acceptors (Lipinski definition) is 3. The Morgan fingerprint density at radius 3 is 2.27 bits per heavy atom. The zero-order valence-electron chi connectivity index (χ0n) is 16.2. The molecule has 0 heterocycles. The van der Waals surface area contributed by atoms with Crippen LogP contribution in [0.4, 0.5) is 0 Å². The highest BCUT2D eigenvalue weighted by molar-refractivity contribution is 14.0. The molecule has 0 aliphatic rings. The Morgan fingerprint density at radius 2 is 1.73 bits per heavy atom. The predicted octanol–water partition coefficient (Wildman–Crippen LogP) is 2.85. The van der Waals surface area contributed by atoms with Gasteiger partial charge in [-0.25, -0.2) is 18.1 Å². The van der Waals surface area contributed by atoms with Crippen molar-refractivity contribution in [3.05, 3.63) is 35.4 Å². The van der Waals surface area contributed by atoms with E-state index in [-0.39, 0.29) is 29.7 Å². The van der Waals surface area contributed by atoms with E-state index in [0.717, 1.165) is 36.6 Å². The highest BCUT2D eigenvalue weighted by Crippen LogP contribution is 2.08. The van der Waals surface area contributed by atoms with E-state index in [9.17, 15) is 8.42 Å². The van der Waals surface area contributed by atoms with Crippen LogP contribution in [-0.2, 0) is 22.3 Å². The maximum atomic E-state index is 11.6. The smallest absolute Gasteiger partial charge is 0.215 e. The number of rotatable bonds is 10. The highest BCUT2D eigenvalue weighted by Gasteiger charge is 2.08. The topological polar surface area (TPSA) is 82.6 Å². The van der Waals surface area contributed by atoms with Crippen LogP contribution >= 0.6 is 24.0 Å². The van der Waals surface area contributed by atoms with E-state index in [1.807, 2.05) is 31.2 Å². The molecule has 0 atom stereocenters. The van der Waals surface area contributed by atoms with Gasteiger partial charge in [-0.1, -0.05) is 38.1 Å². The fourth-order valence-electron chi connectivity index (χ4n) is 2.26. The molecule has 0 aliphatic heterocycles. The molecule has 6 nitrogen and oxygen atoms in total. The number of sulfonamides is 1. The van der Waals surface area contributed by atoms with Gasteiger partial charge < -0.3 is 10.6 Å². The van der Waals surface area contributed by atoms with Gasteiger partial charge >= 0.3 is 0 Å². The summed E-state index contributed by atoms with van der Waals surface area (Å²) in [6.07, 6.45) is 2.32. The van der Waals surface area contributed by atoms with Crippen LogP contribution < -0.4 is 15.4 Å². The first-order valence-corrected chi connectivity index (χ1v) is 10.5. The number of aliphatic imine (C=N–C) groups is 1. The fraction of sp³-hybridized carbons (Fsp3) is 0.611. The second kappa shape index (κ2) is 13.3. The van der Waals surface area contributed by atoms with Crippen molar-refractivity contribution in [3.8, 4) is 0 Å². The second-order valence-corrected chi connectivity index (χ2v) is 8.36. The summed E-state index contributed by atoms with van der Waals surface area (Å²) >= 11 is 0. The van der Waals surface area contributed by atoms with Crippen LogP contribution in [0.5, 0.6) is 0 Å². The van der Waals surface area contributed by atoms with Crippen molar-refractivity contribution in [1.29, 1.82) is 0 Å². The molecule has 0 saturated carbocycles. The summed E-state index contributed by atoms with van der Waals surface area (Å²) in [7, 11) is -1.81. The van der Waals surface area contributed by atoms with Crippen LogP contribution in [-0.4, -0.2) is 34.5 Å². The Balaban J connectivity index is 0.00000625. The molecule has 0 spiro atoms. The van der Waals surface area contributed by atoms with Crippen molar-refractivity contribution in [2.45, 2.75) is 45.9 Å². The van der Waals surface area contributed by atoms with Gasteiger partial charge in [0.25, 0.3) is 0 Å². The molecule has 0 radical (unpaired) electrons. The summed E-state index contributed by atoms with van der Waals surface area (Å²) in [5.74, 6) is 1.52. The summed E-state index contributed by atoms with van der Waals surface area (Å²) in [6.45, 7) is 8.78. The van der Waals surface area contributed by atoms with E-state index < -0.39 is 10.0 Å². The lowest BCUT2D eigenvalue weighted by molar-refractivity contribution is 0.549. The Hall–Kier alpha value is -0.870. The number of nitrogens with one attached hydrogen (secondary N) is 3. The van der Waals surface area contributed by atoms with Crippen LogP contribution in [0, 0.1) is 5.92 Å². The van der Waals surface area contributed by atoms with Gasteiger partial charge in [-0.15, -0.1) is 24.0 Å². The number of halogens is 1. The molecule has 0 fully saturated rings. The van der Waals surface area contributed by atoms with Crippen LogP contribution in [0.1, 0.15) is 44.7 Å². The molecule has 0 amide bonds. The van der Waals surface area contributed by atoms with Gasteiger partial charge in [0.2, 0.25) is 10.0 Å². The molecule has 150 valence electrons. The van der Waals surface area contributed by atoms with Crippen LogP contribution in [0.15, 0.2) is 29.3 Å². The first-order valence-electron chi connectivity index (χ1n) is 8.87. The first kappa shape index (κ1) is 25.1. The van der Waals surface area contributed by atoms with Gasteiger partial charge in [0, 0.05) is 13.1 Å². The molecule has 1 rings (SSSR count). The van der Waals surface area contributed by atoms with Gasteiger partial charge in [0.05, 0.1) is 12.3 Å². The number of nitrogens with zero attached hydrogens (tertiary/aromatic N) is 1. The zero-order chi connectivity index (χ0) is 18.7. The lowest BCUT2D eigenvalue weighted by Gasteiger charge is -2.12. The molecule has 3 N–H and O–H groups in total. The number of hydrogen-bond donors (Lipinski definition) is 3. The minimum atomic E-state index is -3.24. The SMILES string of the molecule is CCNC(=NCc1ccc(CS(=O)(=O)NC)cc1)NCCCC(C)C.I. The van der Waals surface area contributed by atoms with E-state index in [0.29, 0.717) is 12.5 Å². The zero-order valence-corrected chi connectivity index (χ0v) is 19.4. The van der Waals surface area contributed by atoms with Gasteiger partial charge in [0.1, 0.15) is 0 Å². The Labute approximate surface area is 175 Å². The summed E-state index contributed by atoms with van der Waals surface area (Å²) < 4.78 is 25.4. The average molecular weight is 496 g/mol. The molecule has 26 heavy (non-hydrogen) atoms. The van der Waals surface area contributed by atoms with Crippen molar-refractivity contribution >= 4 is 40.0 Å². The van der Waals surface area contributed by atoms with Crippen molar-refractivity contribution < 1.29 is 8.42 Å². The van der Waals surface area contributed by atoms with Gasteiger partial charge in [-0.3, -0.25) is 0 Å². The van der Waals surface area contributed by atoms with E-state index in [2.05, 4.69) is 34.2 Å². The van der Waals surface area contributed by atoms with E-state index in [1.165, 1.54) is 13.5 Å². The normalized spacial score (nSPS) is 12.0. The standard InChI is InChI=1S/C18H32N4O2S.HI/c1-5-20-18(21-12-6-7-15(2)3)22-13-16-8-10-17(11-9-16)14-25(23,24)19-4;/h8-11,15,19H,5-7,12-14H2,1-4H3,(H2,20,21,22);1H. The second-order valence-electron chi connectivity index (χ2n) is 6.44. The molecule has 0 aliphatic carbocycles. The van der Waals surface area contributed by atoms with Gasteiger partial charge in [-0.05, 0) is 43.9 Å². The van der Waals surface area contributed by atoms with Crippen LogP contribution in [0.25, 0.3) is 0 Å². The molecule has 1 aromatic rings. The van der Waals surface area contributed by atoms with Gasteiger partial charge in [-0.2, -0.15) is 0 Å². The third-order valence-electron chi connectivity index (χ3n) is 3.71. The fourth-order valence-corrected chi connectivity index (χ4v) is 3.04. The average Bonchev–Trinajstić information content (AvgIpc) is 2.57.